The van der Waals surface area contributed by atoms with E-state index >= 15 is 0 Å². The molecule has 120 valence electrons. The number of alkyl halides is 3. The first-order valence-electron chi connectivity index (χ1n) is 6.87. The molecule has 1 N–H and O–H groups in total. The van der Waals surface area contributed by atoms with Gasteiger partial charge in [-0.15, -0.1) is 0 Å². The lowest BCUT2D eigenvalue weighted by Crippen LogP contribution is -2.40. The zero-order chi connectivity index (χ0) is 16.8. The summed E-state index contributed by atoms with van der Waals surface area (Å²) in [7, 11) is 0. The number of carbonyl (C=O) groups excluding carboxylic acids is 1. The van der Waals surface area contributed by atoms with Gasteiger partial charge in [0, 0.05) is 19.2 Å². The minimum atomic E-state index is -4.53. The number of carbonyl (C=O) groups is 1. The van der Waals surface area contributed by atoms with Crippen molar-refractivity contribution in [1.82, 2.24) is 15.3 Å². The summed E-state index contributed by atoms with van der Waals surface area (Å²) in [5.74, 6) is -0.433. The van der Waals surface area contributed by atoms with Gasteiger partial charge in [0.15, 0.2) is 0 Å². The van der Waals surface area contributed by atoms with Crippen LogP contribution in [-0.2, 0) is 17.4 Å². The number of amides is 1. The van der Waals surface area contributed by atoms with Crippen LogP contribution in [-0.4, -0.2) is 22.4 Å². The molecule has 22 heavy (non-hydrogen) atoms. The number of nitrogens with zero attached hydrogens (tertiary/aromatic N) is 3. The summed E-state index contributed by atoms with van der Waals surface area (Å²) >= 11 is 0. The van der Waals surface area contributed by atoms with Crippen molar-refractivity contribution in [3.63, 3.8) is 0 Å². The fourth-order valence-electron chi connectivity index (χ4n) is 1.91. The molecule has 0 saturated heterocycles. The molecule has 1 heterocycles. The van der Waals surface area contributed by atoms with Crippen LogP contribution in [0.2, 0.25) is 0 Å². The van der Waals surface area contributed by atoms with Crippen LogP contribution in [0.3, 0.4) is 0 Å². The molecule has 0 fully saturated rings. The molecule has 0 aliphatic rings. The molecule has 0 atom stereocenters. The van der Waals surface area contributed by atoms with E-state index in [1.165, 1.54) is 0 Å². The van der Waals surface area contributed by atoms with Crippen LogP contribution in [0, 0.1) is 16.7 Å². The van der Waals surface area contributed by atoms with Gasteiger partial charge in [0.1, 0.15) is 16.9 Å². The van der Waals surface area contributed by atoms with Crippen LogP contribution in [0.5, 0.6) is 0 Å². The van der Waals surface area contributed by atoms with Crippen LogP contribution >= 0.6 is 0 Å². The van der Waals surface area contributed by atoms with Gasteiger partial charge in [0.2, 0.25) is 5.91 Å². The molecule has 0 aliphatic carbocycles. The van der Waals surface area contributed by atoms with Gasteiger partial charge in [-0.05, 0) is 18.9 Å². The Morgan fingerprint density at radius 1 is 1.36 bits per heavy atom. The number of rotatable bonds is 6. The van der Waals surface area contributed by atoms with E-state index in [2.05, 4.69) is 15.3 Å². The molecule has 5 nitrogen and oxygen atoms in total. The van der Waals surface area contributed by atoms with E-state index in [0.717, 1.165) is 12.3 Å². The van der Waals surface area contributed by atoms with Crippen molar-refractivity contribution in [3.8, 4) is 6.07 Å². The van der Waals surface area contributed by atoms with E-state index in [1.54, 1.807) is 13.8 Å². The van der Waals surface area contributed by atoms with Crippen LogP contribution in [0.1, 0.15) is 38.2 Å². The highest BCUT2D eigenvalue weighted by Crippen LogP contribution is 2.27. The third kappa shape index (κ3) is 4.16. The first-order chi connectivity index (χ1) is 10.3. The molecule has 1 aromatic rings. The summed E-state index contributed by atoms with van der Waals surface area (Å²) < 4.78 is 37.5. The maximum Gasteiger partial charge on any atom is 0.433 e. The van der Waals surface area contributed by atoms with Gasteiger partial charge >= 0.3 is 6.18 Å². The van der Waals surface area contributed by atoms with Crippen molar-refractivity contribution >= 4 is 5.91 Å². The van der Waals surface area contributed by atoms with Crippen molar-refractivity contribution in [2.75, 3.05) is 6.54 Å². The summed E-state index contributed by atoms with van der Waals surface area (Å²) in [6.45, 7) is 3.55. The van der Waals surface area contributed by atoms with Gasteiger partial charge in [-0.2, -0.15) is 18.4 Å². The first kappa shape index (κ1) is 17.9. The number of nitrogens with one attached hydrogen (secondary N) is 1. The Morgan fingerprint density at radius 2 is 2.00 bits per heavy atom. The Kier molecular flexibility index (Phi) is 5.85. The smallest absolute Gasteiger partial charge is 0.354 e. The lowest BCUT2D eigenvalue weighted by molar-refractivity contribution is -0.141. The Hall–Kier alpha value is -2.17. The first-order valence-corrected chi connectivity index (χ1v) is 6.87. The van der Waals surface area contributed by atoms with Crippen molar-refractivity contribution in [3.05, 3.63) is 23.8 Å². The van der Waals surface area contributed by atoms with Gasteiger partial charge in [-0.3, -0.25) is 4.79 Å². The second-order valence-electron chi connectivity index (χ2n) is 4.76. The third-order valence-electron chi connectivity index (χ3n) is 3.49. The molecular weight excluding hydrogens is 297 g/mol. The van der Waals surface area contributed by atoms with E-state index in [0.29, 0.717) is 12.8 Å². The maximum atomic E-state index is 12.5. The summed E-state index contributed by atoms with van der Waals surface area (Å²) in [6.07, 6.45) is -2.70. The second kappa shape index (κ2) is 7.20. The van der Waals surface area contributed by atoms with Crippen LogP contribution in [0.4, 0.5) is 13.2 Å². The fraction of sp³-hybridized carbons (Fsp3) is 0.571. The molecule has 0 bridgehead atoms. The van der Waals surface area contributed by atoms with Gasteiger partial charge in [-0.1, -0.05) is 13.8 Å². The lowest BCUT2D eigenvalue weighted by atomic mass is 9.83. The van der Waals surface area contributed by atoms with Gasteiger partial charge < -0.3 is 5.32 Å². The Balaban J connectivity index is 2.65. The van der Waals surface area contributed by atoms with Crippen molar-refractivity contribution < 1.29 is 18.0 Å². The summed E-state index contributed by atoms with van der Waals surface area (Å²) in [6, 6.07) is 2.79. The monoisotopic (exact) mass is 314 g/mol. The van der Waals surface area contributed by atoms with Crippen molar-refractivity contribution in [1.29, 1.82) is 5.26 Å². The number of aromatic nitrogens is 2. The summed E-state index contributed by atoms with van der Waals surface area (Å²) in [5, 5.41) is 11.7. The normalized spacial score (nSPS) is 11.8. The van der Waals surface area contributed by atoms with E-state index in [1.807, 2.05) is 6.07 Å². The highest BCUT2D eigenvalue weighted by atomic mass is 19.4. The molecule has 0 saturated carbocycles. The topological polar surface area (TPSA) is 78.7 Å². The van der Waals surface area contributed by atoms with Crippen LogP contribution in [0.25, 0.3) is 0 Å². The van der Waals surface area contributed by atoms with Crippen LogP contribution in [0.15, 0.2) is 12.3 Å². The minimum Gasteiger partial charge on any atom is -0.354 e. The molecule has 1 amide bonds. The average molecular weight is 314 g/mol. The highest BCUT2D eigenvalue weighted by molar-refractivity contribution is 5.85. The van der Waals surface area contributed by atoms with E-state index in [9.17, 15) is 18.0 Å². The predicted molar refractivity (Wildman–Crippen MR) is 72.4 cm³/mol. The number of hydrogen-bond donors (Lipinski definition) is 1. The Labute approximate surface area is 126 Å². The molecule has 0 spiro atoms. The minimum absolute atomic E-state index is 0.00863. The SMILES string of the molecule is CCC(C#N)(CC)C(=O)NCCc1nccc(C(F)(F)F)n1. The molecule has 0 aliphatic heterocycles. The lowest BCUT2D eigenvalue weighted by Gasteiger charge is -2.21. The largest absolute Gasteiger partial charge is 0.433 e. The maximum absolute atomic E-state index is 12.5. The van der Waals surface area contributed by atoms with Crippen LogP contribution < -0.4 is 5.32 Å². The molecule has 0 radical (unpaired) electrons. The molecule has 8 heteroatoms. The second-order valence-corrected chi connectivity index (χ2v) is 4.76. The third-order valence-corrected chi connectivity index (χ3v) is 3.49. The molecule has 0 aromatic carbocycles. The van der Waals surface area contributed by atoms with Crippen molar-refractivity contribution in [2.45, 2.75) is 39.3 Å². The standard InChI is InChI=1S/C14H17F3N4O/c1-3-13(4-2,9-18)12(22)20-8-6-11-19-7-5-10(21-11)14(15,16)17/h5,7H,3-4,6,8H2,1-2H3,(H,20,22). The predicted octanol–water partition coefficient (Wildman–Crippen LogP) is 2.48. The zero-order valence-electron chi connectivity index (χ0n) is 12.4. The van der Waals surface area contributed by atoms with E-state index < -0.39 is 23.2 Å². The Morgan fingerprint density at radius 3 is 2.50 bits per heavy atom. The zero-order valence-corrected chi connectivity index (χ0v) is 12.4. The Bertz CT molecular complexity index is 562. The number of nitriles is 1. The van der Waals surface area contributed by atoms with E-state index in [-0.39, 0.29) is 18.8 Å². The molecule has 0 unspecified atom stereocenters. The summed E-state index contributed by atoms with van der Waals surface area (Å²) in [4.78, 5) is 19.2. The van der Waals surface area contributed by atoms with Gasteiger partial charge in [-0.25, -0.2) is 9.97 Å². The van der Waals surface area contributed by atoms with Gasteiger partial charge in [0.25, 0.3) is 0 Å². The molecule has 1 aromatic heterocycles. The van der Waals surface area contributed by atoms with Gasteiger partial charge in [0.05, 0.1) is 6.07 Å². The number of hydrogen-bond acceptors (Lipinski definition) is 4. The van der Waals surface area contributed by atoms with E-state index in [4.69, 9.17) is 5.26 Å². The number of halogens is 3. The quantitative estimate of drug-likeness (QED) is 0.875. The highest BCUT2D eigenvalue weighted by Gasteiger charge is 2.35. The average Bonchev–Trinajstić information content (AvgIpc) is 2.49. The summed E-state index contributed by atoms with van der Waals surface area (Å²) in [5.41, 5.74) is -2.12. The molecular formula is C14H17F3N4O. The molecule has 1 rings (SSSR count). The van der Waals surface area contributed by atoms with Crippen molar-refractivity contribution in [2.24, 2.45) is 5.41 Å². The fourth-order valence-corrected chi connectivity index (χ4v) is 1.91.